The maximum Gasteiger partial charge on any atom is 0.407 e. The molecule has 1 saturated heterocycles. The molecule has 2 aromatic heterocycles. The molecule has 7 unspecified atom stereocenters. The highest BCUT2D eigenvalue weighted by atomic mass is 31.2. The molecular formula is C27H39N6O10P. The molecule has 2 aliphatic rings. The maximum atomic E-state index is 14.2. The van der Waals surface area contributed by atoms with Gasteiger partial charge in [0.05, 0.1) is 32.3 Å². The number of hydrogen-bond donors (Lipinski definition) is 2. The van der Waals surface area contributed by atoms with Crippen LogP contribution < -0.4 is 15.6 Å². The minimum absolute atomic E-state index is 0.00221. The molecule has 0 bridgehead atoms. The van der Waals surface area contributed by atoms with Crippen molar-refractivity contribution in [1.82, 2.24) is 24.6 Å². The second-order valence-corrected chi connectivity index (χ2v) is 13.2. The van der Waals surface area contributed by atoms with Gasteiger partial charge in [-0.05, 0) is 33.1 Å². The smallest absolute Gasteiger partial charge is 0.407 e. The van der Waals surface area contributed by atoms with Crippen LogP contribution in [0.3, 0.4) is 0 Å². The molecule has 7 atom stereocenters. The summed E-state index contributed by atoms with van der Waals surface area (Å²) >= 11 is 0. The third-order valence-electron chi connectivity index (χ3n) is 7.23. The van der Waals surface area contributed by atoms with Gasteiger partial charge in [-0.15, -0.1) is 0 Å². The van der Waals surface area contributed by atoms with Crippen molar-refractivity contribution in [3.8, 4) is 5.88 Å². The summed E-state index contributed by atoms with van der Waals surface area (Å²) < 4.78 is 49.1. The number of nitrogens with zero attached hydrogens (tertiary/aromatic N) is 4. The van der Waals surface area contributed by atoms with E-state index in [0.717, 1.165) is 0 Å². The van der Waals surface area contributed by atoms with Crippen LogP contribution in [0.1, 0.15) is 54.2 Å². The number of methoxy groups -OCH3 is 1. The Labute approximate surface area is 254 Å². The van der Waals surface area contributed by atoms with Crippen LogP contribution in [-0.4, -0.2) is 82.1 Å². The highest BCUT2D eigenvalue weighted by molar-refractivity contribution is 7.51. The zero-order valence-electron chi connectivity index (χ0n) is 25.7. The fraction of sp³-hybridized carbons (Fsp3) is 0.667. The van der Waals surface area contributed by atoms with Crippen molar-refractivity contribution in [2.24, 2.45) is 17.3 Å². The lowest BCUT2D eigenvalue weighted by molar-refractivity contribution is -0.150. The van der Waals surface area contributed by atoms with Gasteiger partial charge in [0.2, 0.25) is 11.8 Å². The lowest BCUT2D eigenvalue weighted by Crippen LogP contribution is -2.40. The second-order valence-electron chi connectivity index (χ2n) is 11.5. The fourth-order valence-corrected chi connectivity index (χ4v) is 7.01. The van der Waals surface area contributed by atoms with Crippen molar-refractivity contribution < 1.29 is 46.9 Å². The van der Waals surface area contributed by atoms with Gasteiger partial charge in [-0.2, -0.15) is 9.97 Å². The van der Waals surface area contributed by atoms with Gasteiger partial charge in [0.1, 0.15) is 24.3 Å². The minimum atomic E-state index is -4.38. The predicted molar refractivity (Wildman–Crippen MR) is 155 cm³/mol. The van der Waals surface area contributed by atoms with Crippen molar-refractivity contribution in [3.05, 3.63) is 12.4 Å². The summed E-state index contributed by atoms with van der Waals surface area (Å²) in [5.41, 5.74) is 5.47. The highest BCUT2D eigenvalue weighted by Gasteiger charge is 2.72. The molecule has 44 heavy (non-hydrogen) atoms. The van der Waals surface area contributed by atoms with Crippen molar-refractivity contribution in [1.29, 1.82) is 0 Å². The number of imidazole rings is 1. The Morgan fingerprint density at radius 1 is 1.30 bits per heavy atom. The summed E-state index contributed by atoms with van der Waals surface area (Å²) in [6.45, 7) is 9.90. The van der Waals surface area contributed by atoms with E-state index < -0.39 is 68.2 Å². The zero-order chi connectivity index (χ0) is 32.4. The van der Waals surface area contributed by atoms with Crippen LogP contribution in [-0.2, 0) is 42.2 Å². The van der Waals surface area contributed by atoms with Crippen LogP contribution in [0.5, 0.6) is 5.88 Å². The Kier molecular flexibility index (Phi) is 10.1. The molecule has 17 heteroatoms. The average Bonchev–Trinajstić information content (AvgIpc) is 3.28. The number of esters is 2. The molecule has 4 rings (SSSR count). The number of nitrogen functional groups attached to an aromatic ring is 1. The first-order valence-corrected chi connectivity index (χ1v) is 15.8. The Hall–Kier alpha value is -3.39. The molecule has 0 aromatic carbocycles. The van der Waals surface area contributed by atoms with Crippen molar-refractivity contribution in [2.45, 2.75) is 78.5 Å². The van der Waals surface area contributed by atoms with Crippen molar-refractivity contribution in [2.75, 3.05) is 26.1 Å². The van der Waals surface area contributed by atoms with Gasteiger partial charge in [-0.1, -0.05) is 20.8 Å². The number of ether oxygens (including phenoxy) is 4. The van der Waals surface area contributed by atoms with Gasteiger partial charge < -0.3 is 24.7 Å². The Bertz CT molecular complexity index is 1480. The number of carbonyl (C=O) groups is 2. The number of carbonyl (C=O) groups excluding carboxylic acids is 3. The number of nitrogens with one attached hydrogen (secondary N) is 1. The summed E-state index contributed by atoms with van der Waals surface area (Å²) in [6.07, 6.45) is 0.250. The molecule has 1 aliphatic carbocycles. The molecule has 16 nitrogen and oxygen atoms in total. The molecule has 3 heterocycles. The zero-order valence-corrected chi connectivity index (χ0v) is 26.6. The number of fused-ring (bicyclic) bond motifs is 2. The number of aromatic nitrogens is 4. The standard InChI is InChI=1S/C27H39N6O10P/c1-8-39-17(35)12-40-44(37,32-16(11-14(2)3)24(36)41-15(4)5)43-21-18-20(21)42-25(27(18,6)9-10-34)33-13-29-19-22(33)30-26(28)31-23(19)38-7/h9,13-16,18,20-21,25H,8,11-12H2,1-7H3,(H,32,37)(H2,28,30,31). The molecule has 1 aliphatic heterocycles. The van der Waals surface area contributed by atoms with Gasteiger partial charge >= 0.3 is 19.7 Å². The lowest BCUT2D eigenvalue weighted by Gasteiger charge is -2.32. The Balaban J connectivity index is 1.62. The molecule has 0 spiro atoms. The third kappa shape index (κ3) is 6.96. The van der Waals surface area contributed by atoms with Crippen LogP contribution in [0, 0.1) is 17.3 Å². The Morgan fingerprint density at radius 3 is 2.64 bits per heavy atom. The van der Waals surface area contributed by atoms with E-state index in [1.807, 2.05) is 19.8 Å². The van der Waals surface area contributed by atoms with Crippen LogP contribution in [0.25, 0.3) is 11.2 Å². The molecule has 2 aromatic rings. The number of anilines is 1. The summed E-state index contributed by atoms with van der Waals surface area (Å²) in [5, 5.41) is 2.69. The molecule has 3 N–H and O–H groups in total. The number of rotatable bonds is 15. The molecule has 0 amide bonds. The average molecular weight is 639 g/mol. The fourth-order valence-electron chi connectivity index (χ4n) is 5.37. The van der Waals surface area contributed by atoms with Gasteiger partial charge in [0.15, 0.2) is 17.8 Å². The van der Waals surface area contributed by atoms with Crippen LogP contribution in [0.2, 0.25) is 0 Å². The van der Waals surface area contributed by atoms with E-state index in [-0.39, 0.29) is 30.8 Å². The molecule has 242 valence electrons. The quantitative estimate of drug-likeness (QED) is 0.163. The minimum Gasteiger partial charge on any atom is -0.479 e. The first-order valence-electron chi connectivity index (χ1n) is 14.2. The maximum absolute atomic E-state index is 14.2. The van der Waals surface area contributed by atoms with Crippen LogP contribution >= 0.6 is 7.75 Å². The van der Waals surface area contributed by atoms with E-state index >= 15 is 0 Å². The van der Waals surface area contributed by atoms with Gasteiger partial charge in [-0.25, -0.2) is 24.2 Å². The predicted octanol–water partition coefficient (Wildman–Crippen LogP) is 2.37. The molecule has 1 saturated carbocycles. The van der Waals surface area contributed by atoms with E-state index in [2.05, 4.69) is 20.0 Å². The molecular weight excluding hydrogens is 599 g/mol. The van der Waals surface area contributed by atoms with Gasteiger partial charge in [0, 0.05) is 17.4 Å². The Morgan fingerprint density at radius 2 is 2.02 bits per heavy atom. The first kappa shape index (κ1) is 33.5. The number of nitrogens with two attached hydrogens (primary N) is 1. The van der Waals surface area contributed by atoms with E-state index in [1.54, 1.807) is 32.3 Å². The van der Waals surface area contributed by atoms with Gasteiger partial charge in [-0.3, -0.25) is 18.4 Å². The highest BCUT2D eigenvalue weighted by Crippen LogP contribution is 2.66. The van der Waals surface area contributed by atoms with Crippen LogP contribution in [0.4, 0.5) is 5.95 Å². The normalized spacial score (nSPS) is 26.1. The topological polar surface area (TPSA) is 205 Å². The second kappa shape index (κ2) is 13.3. The summed E-state index contributed by atoms with van der Waals surface area (Å²) in [5.74, 6) is 0.0207. The monoisotopic (exact) mass is 638 g/mol. The van der Waals surface area contributed by atoms with E-state index in [1.165, 1.54) is 19.5 Å². The molecule has 0 radical (unpaired) electrons. The largest absolute Gasteiger partial charge is 0.479 e. The summed E-state index contributed by atoms with van der Waals surface area (Å²) in [6, 6.07) is -1.07. The molecule has 2 fully saturated rings. The summed E-state index contributed by atoms with van der Waals surface area (Å²) in [7, 11) is -2.96. The van der Waals surface area contributed by atoms with Crippen molar-refractivity contribution >= 4 is 42.7 Å². The lowest BCUT2D eigenvalue weighted by atomic mass is 9.83. The third-order valence-corrected chi connectivity index (χ3v) is 8.84. The van der Waals surface area contributed by atoms with Crippen molar-refractivity contribution in [3.63, 3.8) is 0 Å². The number of hydrogen-bond acceptors (Lipinski definition) is 14. The van der Waals surface area contributed by atoms with Crippen LogP contribution in [0.15, 0.2) is 12.4 Å². The van der Waals surface area contributed by atoms with E-state index in [9.17, 15) is 18.9 Å². The summed E-state index contributed by atoms with van der Waals surface area (Å²) in [4.78, 5) is 49.4. The first-order chi connectivity index (χ1) is 20.8. The SMILES string of the molecule is CCOC(=O)COP(=O)(NC(CC(C)C)C(=O)OC(C)C)OC1C2OC(n3cnc4c(OC)nc(N)nc43)C(C)(C=C=O)C21. The van der Waals surface area contributed by atoms with E-state index in [0.29, 0.717) is 11.2 Å². The van der Waals surface area contributed by atoms with Gasteiger partial charge in [0.25, 0.3) is 0 Å². The van der Waals surface area contributed by atoms with E-state index in [4.69, 9.17) is 33.7 Å².